The molecular formula is C16H15N3O2S2. The van der Waals surface area contributed by atoms with Crippen molar-refractivity contribution in [2.24, 2.45) is 0 Å². The second-order valence-electron chi connectivity index (χ2n) is 5.07. The molecule has 0 bridgehead atoms. The highest BCUT2D eigenvalue weighted by Crippen LogP contribution is 2.20. The molecule has 3 rings (SSSR count). The highest BCUT2D eigenvalue weighted by molar-refractivity contribution is 7.90. The van der Waals surface area contributed by atoms with Gasteiger partial charge in [-0.25, -0.2) is 13.4 Å². The smallest absolute Gasteiger partial charge is 0.175 e. The zero-order valence-electron chi connectivity index (χ0n) is 12.4. The second-order valence-corrected chi connectivity index (χ2v) is 7.87. The number of anilines is 1. The van der Waals surface area contributed by atoms with Gasteiger partial charge in [0.2, 0.25) is 0 Å². The van der Waals surface area contributed by atoms with Crippen LogP contribution in [0.2, 0.25) is 0 Å². The molecule has 0 aliphatic heterocycles. The van der Waals surface area contributed by atoms with E-state index in [9.17, 15) is 8.42 Å². The Kier molecular flexibility index (Phi) is 4.40. The summed E-state index contributed by atoms with van der Waals surface area (Å²) in [5, 5.41) is 7.34. The van der Waals surface area contributed by atoms with Crippen molar-refractivity contribution >= 4 is 27.0 Å². The number of hydrogen-bond donors (Lipinski definition) is 1. The van der Waals surface area contributed by atoms with Crippen molar-refractivity contribution < 1.29 is 8.42 Å². The van der Waals surface area contributed by atoms with Crippen LogP contribution in [-0.4, -0.2) is 24.6 Å². The zero-order valence-corrected chi connectivity index (χ0v) is 14.1. The Balaban J connectivity index is 1.79. The molecule has 0 saturated heterocycles. The van der Waals surface area contributed by atoms with Crippen LogP contribution in [0.3, 0.4) is 0 Å². The second kappa shape index (κ2) is 6.47. The molecule has 0 fully saturated rings. The Morgan fingerprint density at radius 1 is 1.13 bits per heavy atom. The third-order valence-corrected chi connectivity index (χ3v) is 5.13. The van der Waals surface area contributed by atoms with Crippen molar-refractivity contribution in [1.82, 2.24) is 9.97 Å². The minimum absolute atomic E-state index is 0.293. The molecular weight excluding hydrogens is 330 g/mol. The molecule has 3 aromatic rings. The van der Waals surface area contributed by atoms with Crippen LogP contribution in [-0.2, 0) is 16.4 Å². The molecule has 0 unspecified atom stereocenters. The standard InChI is InChI=1S/C16H15N3O2S2/c1-23(20,21)14-4-2-13(3-5-14)15-9-17-10-16(19-15)18-8-12-6-7-22-11-12/h2-7,9-11H,8H2,1H3,(H,18,19). The molecule has 1 N–H and O–H groups in total. The predicted octanol–water partition coefficient (Wildman–Crippen LogP) is 3.22. The lowest BCUT2D eigenvalue weighted by Gasteiger charge is -2.07. The van der Waals surface area contributed by atoms with E-state index in [0.29, 0.717) is 23.0 Å². The van der Waals surface area contributed by atoms with E-state index in [1.54, 1.807) is 48.0 Å². The quantitative estimate of drug-likeness (QED) is 0.769. The first-order chi connectivity index (χ1) is 11.0. The van der Waals surface area contributed by atoms with Crippen LogP contribution in [0.5, 0.6) is 0 Å². The van der Waals surface area contributed by atoms with Gasteiger partial charge in [-0.05, 0) is 34.5 Å². The zero-order chi connectivity index (χ0) is 16.3. The van der Waals surface area contributed by atoms with Gasteiger partial charge in [0.1, 0.15) is 5.82 Å². The van der Waals surface area contributed by atoms with Crippen LogP contribution in [0.15, 0.2) is 58.4 Å². The number of aromatic nitrogens is 2. The third-order valence-electron chi connectivity index (χ3n) is 3.27. The largest absolute Gasteiger partial charge is 0.365 e. The van der Waals surface area contributed by atoms with E-state index in [1.165, 1.54) is 11.8 Å². The van der Waals surface area contributed by atoms with Crippen molar-refractivity contribution in [3.8, 4) is 11.3 Å². The number of rotatable bonds is 5. The maximum Gasteiger partial charge on any atom is 0.175 e. The van der Waals surface area contributed by atoms with Gasteiger partial charge in [0.15, 0.2) is 9.84 Å². The molecule has 0 spiro atoms. The molecule has 23 heavy (non-hydrogen) atoms. The van der Waals surface area contributed by atoms with E-state index >= 15 is 0 Å². The van der Waals surface area contributed by atoms with Crippen LogP contribution in [0.25, 0.3) is 11.3 Å². The lowest BCUT2D eigenvalue weighted by atomic mass is 10.2. The van der Waals surface area contributed by atoms with Gasteiger partial charge in [-0.3, -0.25) is 4.98 Å². The number of thiophene rings is 1. The van der Waals surface area contributed by atoms with Crippen molar-refractivity contribution in [3.05, 3.63) is 59.0 Å². The maximum atomic E-state index is 11.5. The van der Waals surface area contributed by atoms with E-state index in [0.717, 1.165) is 5.56 Å². The molecule has 5 nitrogen and oxygen atoms in total. The lowest BCUT2D eigenvalue weighted by molar-refractivity contribution is 0.602. The first-order valence-electron chi connectivity index (χ1n) is 6.90. The normalized spacial score (nSPS) is 11.3. The topological polar surface area (TPSA) is 72.0 Å². The first kappa shape index (κ1) is 15.6. The van der Waals surface area contributed by atoms with Gasteiger partial charge < -0.3 is 5.32 Å². The minimum Gasteiger partial charge on any atom is -0.365 e. The number of benzene rings is 1. The summed E-state index contributed by atoms with van der Waals surface area (Å²) in [6, 6.07) is 8.70. The Bertz CT molecular complexity index is 889. The summed E-state index contributed by atoms with van der Waals surface area (Å²) in [6.07, 6.45) is 4.52. The molecule has 1 aromatic carbocycles. The fourth-order valence-electron chi connectivity index (χ4n) is 2.05. The monoisotopic (exact) mass is 345 g/mol. The van der Waals surface area contributed by atoms with Gasteiger partial charge in [0, 0.05) is 18.4 Å². The maximum absolute atomic E-state index is 11.5. The molecule has 0 amide bonds. The number of nitrogens with one attached hydrogen (secondary N) is 1. The molecule has 2 heterocycles. The Hall–Kier alpha value is -2.25. The Labute approximate surface area is 139 Å². The fourth-order valence-corrected chi connectivity index (χ4v) is 3.35. The van der Waals surface area contributed by atoms with Gasteiger partial charge in [-0.15, -0.1) is 0 Å². The van der Waals surface area contributed by atoms with Crippen LogP contribution >= 0.6 is 11.3 Å². The minimum atomic E-state index is -3.19. The molecule has 0 aliphatic carbocycles. The molecule has 2 aromatic heterocycles. The van der Waals surface area contributed by atoms with Crippen LogP contribution in [0.4, 0.5) is 5.82 Å². The van der Waals surface area contributed by atoms with Crippen molar-refractivity contribution in [2.75, 3.05) is 11.6 Å². The summed E-state index contributed by atoms with van der Waals surface area (Å²) in [4.78, 5) is 9.00. The van der Waals surface area contributed by atoms with Gasteiger partial charge in [-0.1, -0.05) is 12.1 Å². The van der Waals surface area contributed by atoms with Crippen LogP contribution in [0, 0.1) is 0 Å². The lowest BCUT2D eigenvalue weighted by Crippen LogP contribution is -2.02. The van der Waals surface area contributed by atoms with Crippen molar-refractivity contribution in [1.29, 1.82) is 0 Å². The number of nitrogens with zero attached hydrogens (tertiary/aromatic N) is 2. The summed E-state index contributed by atoms with van der Waals surface area (Å²) < 4.78 is 23.0. The van der Waals surface area contributed by atoms with E-state index in [-0.39, 0.29) is 0 Å². The van der Waals surface area contributed by atoms with Crippen molar-refractivity contribution in [3.63, 3.8) is 0 Å². The highest BCUT2D eigenvalue weighted by atomic mass is 32.2. The van der Waals surface area contributed by atoms with Crippen LogP contribution < -0.4 is 5.32 Å². The summed E-state index contributed by atoms with van der Waals surface area (Å²) >= 11 is 1.65. The number of hydrogen-bond acceptors (Lipinski definition) is 6. The Morgan fingerprint density at radius 2 is 1.91 bits per heavy atom. The molecule has 0 saturated carbocycles. The summed E-state index contributed by atoms with van der Waals surface area (Å²) in [6.45, 7) is 0.689. The summed E-state index contributed by atoms with van der Waals surface area (Å²) in [5.41, 5.74) is 2.71. The molecule has 0 atom stereocenters. The van der Waals surface area contributed by atoms with E-state index in [2.05, 4.69) is 26.7 Å². The first-order valence-corrected chi connectivity index (χ1v) is 9.73. The summed E-state index contributed by atoms with van der Waals surface area (Å²) in [7, 11) is -3.19. The molecule has 118 valence electrons. The highest BCUT2D eigenvalue weighted by Gasteiger charge is 2.08. The number of sulfone groups is 1. The van der Waals surface area contributed by atoms with E-state index in [1.807, 2.05) is 5.38 Å². The molecule has 7 heteroatoms. The van der Waals surface area contributed by atoms with E-state index < -0.39 is 9.84 Å². The fraction of sp³-hybridized carbons (Fsp3) is 0.125. The molecule has 0 aliphatic rings. The average molecular weight is 345 g/mol. The average Bonchev–Trinajstić information content (AvgIpc) is 3.06. The summed E-state index contributed by atoms with van der Waals surface area (Å²) in [5.74, 6) is 0.681. The predicted molar refractivity (Wildman–Crippen MR) is 92.2 cm³/mol. The van der Waals surface area contributed by atoms with Crippen LogP contribution in [0.1, 0.15) is 5.56 Å². The van der Waals surface area contributed by atoms with E-state index in [4.69, 9.17) is 0 Å². The molecule has 0 radical (unpaired) electrons. The SMILES string of the molecule is CS(=O)(=O)c1ccc(-c2cncc(NCc3ccsc3)n2)cc1. The van der Waals surface area contributed by atoms with Gasteiger partial charge in [-0.2, -0.15) is 11.3 Å². The third kappa shape index (κ3) is 3.94. The van der Waals surface area contributed by atoms with Gasteiger partial charge in [0.05, 0.1) is 23.0 Å². The van der Waals surface area contributed by atoms with Gasteiger partial charge in [0.25, 0.3) is 0 Å². The Morgan fingerprint density at radius 3 is 2.57 bits per heavy atom. The van der Waals surface area contributed by atoms with Crippen molar-refractivity contribution in [2.45, 2.75) is 11.4 Å². The van der Waals surface area contributed by atoms with Gasteiger partial charge >= 0.3 is 0 Å².